The fraction of sp³-hybridized carbons (Fsp3) is 0.375. The highest BCUT2D eigenvalue weighted by Gasteiger charge is 2.29. The Labute approximate surface area is 179 Å². The lowest BCUT2D eigenvalue weighted by Gasteiger charge is -2.35. The predicted molar refractivity (Wildman–Crippen MR) is 120 cm³/mol. The van der Waals surface area contributed by atoms with Gasteiger partial charge >= 0.3 is 5.97 Å². The highest BCUT2D eigenvalue weighted by molar-refractivity contribution is 5.88. The first-order valence-corrected chi connectivity index (χ1v) is 9.77. The SMILES string of the molecule is COc1cccc([C@H]2C/C(=C/c3cccc(C(=O)O)c3)CC[C@@H]2CN(C)C)c1.Cl. The van der Waals surface area contributed by atoms with Crippen LogP contribution in [-0.4, -0.2) is 43.7 Å². The summed E-state index contributed by atoms with van der Waals surface area (Å²) in [7, 11) is 5.97. The smallest absolute Gasteiger partial charge is 0.335 e. The summed E-state index contributed by atoms with van der Waals surface area (Å²) in [6, 6.07) is 15.6. The average Bonchev–Trinajstić information content (AvgIpc) is 2.69. The standard InChI is InChI=1S/C24H29NO3.ClH/c1-25(2)16-21-11-10-18(12-17-6-4-8-20(13-17)24(26)27)14-23(21)19-7-5-9-22(15-19)28-3;/h4-9,12-13,15,21,23H,10-11,14,16H2,1-3H3,(H,26,27);1H/b18-12+;/t21-,23-;/m1./s1. The van der Waals surface area contributed by atoms with Gasteiger partial charge in [-0.25, -0.2) is 4.79 Å². The van der Waals surface area contributed by atoms with E-state index in [1.807, 2.05) is 18.2 Å². The van der Waals surface area contributed by atoms with Gasteiger partial charge in [0, 0.05) is 6.54 Å². The maximum absolute atomic E-state index is 11.3. The number of methoxy groups -OCH3 is 1. The molecule has 1 aliphatic carbocycles. The maximum atomic E-state index is 11.3. The number of carboxylic acids is 1. The summed E-state index contributed by atoms with van der Waals surface area (Å²) in [5, 5.41) is 9.24. The van der Waals surface area contributed by atoms with Crippen molar-refractivity contribution in [2.75, 3.05) is 27.7 Å². The van der Waals surface area contributed by atoms with Crippen molar-refractivity contribution in [3.8, 4) is 5.75 Å². The first-order chi connectivity index (χ1) is 13.5. The molecular weight excluding hydrogens is 386 g/mol. The van der Waals surface area contributed by atoms with E-state index in [0.717, 1.165) is 37.1 Å². The summed E-state index contributed by atoms with van der Waals surface area (Å²) >= 11 is 0. The van der Waals surface area contributed by atoms with Gasteiger partial charge in [-0.1, -0.05) is 35.9 Å². The first kappa shape index (κ1) is 23.0. The molecule has 4 nitrogen and oxygen atoms in total. The number of nitrogens with zero attached hydrogens (tertiary/aromatic N) is 1. The highest BCUT2D eigenvalue weighted by Crippen LogP contribution is 2.42. The van der Waals surface area contributed by atoms with E-state index < -0.39 is 5.97 Å². The lowest BCUT2D eigenvalue weighted by molar-refractivity contribution is 0.0697. The maximum Gasteiger partial charge on any atom is 0.335 e. The van der Waals surface area contributed by atoms with Gasteiger partial charge in [0.2, 0.25) is 0 Å². The Hall–Kier alpha value is -2.30. The Bertz CT molecular complexity index is 863. The normalized spacial score (nSPS) is 20.3. The monoisotopic (exact) mass is 415 g/mol. The van der Waals surface area contributed by atoms with Crippen molar-refractivity contribution in [2.45, 2.75) is 25.2 Å². The summed E-state index contributed by atoms with van der Waals surface area (Å²) in [5.41, 5.74) is 3.99. The van der Waals surface area contributed by atoms with E-state index in [9.17, 15) is 9.90 Å². The molecule has 0 aliphatic heterocycles. The molecule has 156 valence electrons. The summed E-state index contributed by atoms with van der Waals surface area (Å²) in [6.45, 7) is 1.06. The van der Waals surface area contributed by atoms with E-state index in [0.29, 0.717) is 17.4 Å². The Morgan fingerprint density at radius 1 is 1.21 bits per heavy atom. The van der Waals surface area contributed by atoms with Crippen LogP contribution in [0, 0.1) is 5.92 Å². The molecule has 29 heavy (non-hydrogen) atoms. The van der Waals surface area contributed by atoms with Crippen molar-refractivity contribution in [2.24, 2.45) is 5.92 Å². The van der Waals surface area contributed by atoms with Crippen LogP contribution in [-0.2, 0) is 0 Å². The second kappa shape index (κ2) is 10.5. The highest BCUT2D eigenvalue weighted by atomic mass is 35.5. The second-order valence-corrected chi connectivity index (χ2v) is 7.88. The summed E-state index contributed by atoms with van der Waals surface area (Å²) in [6.07, 6.45) is 5.34. The molecule has 0 aromatic heterocycles. The lowest BCUT2D eigenvalue weighted by Crippen LogP contribution is -2.29. The molecule has 0 unspecified atom stereocenters. The Morgan fingerprint density at radius 2 is 1.97 bits per heavy atom. The van der Waals surface area contributed by atoms with Gasteiger partial charge in [0.1, 0.15) is 5.75 Å². The molecule has 0 saturated heterocycles. The van der Waals surface area contributed by atoms with Crippen LogP contribution in [0.5, 0.6) is 5.75 Å². The molecule has 0 heterocycles. The minimum Gasteiger partial charge on any atom is -0.497 e. The largest absolute Gasteiger partial charge is 0.497 e. The van der Waals surface area contributed by atoms with E-state index in [1.165, 1.54) is 11.1 Å². The molecule has 2 atom stereocenters. The molecule has 1 aliphatic rings. The van der Waals surface area contributed by atoms with Crippen LogP contribution in [0.3, 0.4) is 0 Å². The number of aromatic carboxylic acids is 1. The first-order valence-electron chi connectivity index (χ1n) is 9.77. The minimum absolute atomic E-state index is 0. The molecule has 0 spiro atoms. The van der Waals surface area contributed by atoms with Gasteiger partial charge in [-0.05, 0) is 80.6 Å². The number of ether oxygens (including phenoxy) is 1. The van der Waals surface area contributed by atoms with E-state index >= 15 is 0 Å². The number of carbonyl (C=O) groups is 1. The fourth-order valence-electron chi connectivity index (χ4n) is 4.20. The Balaban J connectivity index is 0.00000300. The molecule has 1 fully saturated rings. The summed E-state index contributed by atoms with van der Waals surface area (Å²) in [4.78, 5) is 13.5. The zero-order valence-corrected chi connectivity index (χ0v) is 18.1. The van der Waals surface area contributed by atoms with Gasteiger partial charge < -0.3 is 14.7 Å². The molecule has 5 heteroatoms. The van der Waals surface area contributed by atoms with Crippen LogP contribution < -0.4 is 4.74 Å². The molecule has 2 aromatic carbocycles. The molecular formula is C24H30ClNO3. The van der Waals surface area contributed by atoms with Gasteiger partial charge in [0.05, 0.1) is 12.7 Å². The van der Waals surface area contributed by atoms with E-state index in [-0.39, 0.29) is 12.4 Å². The number of hydrogen-bond acceptors (Lipinski definition) is 3. The third-order valence-corrected chi connectivity index (χ3v) is 5.51. The number of carboxylic acid groups (broad SMARTS) is 1. The summed E-state index contributed by atoms with van der Waals surface area (Å²) in [5.74, 6) is 1.03. The zero-order chi connectivity index (χ0) is 20.1. The van der Waals surface area contributed by atoms with Gasteiger partial charge in [0.25, 0.3) is 0 Å². The van der Waals surface area contributed by atoms with Gasteiger partial charge in [-0.3, -0.25) is 0 Å². The quantitative estimate of drug-likeness (QED) is 0.691. The van der Waals surface area contributed by atoms with Crippen molar-refractivity contribution in [1.82, 2.24) is 4.90 Å². The average molecular weight is 416 g/mol. The number of benzene rings is 2. The Morgan fingerprint density at radius 3 is 2.66 bits per heavy atom. The van der Waals surface area contributed by atoms with Crippen molar-refractivity contribution in [3.05, 3.63) is 70.8 Å². The van der Waals surface area contributed by atoms with Crippen molar-refractivity contribution in [3.63, 3.8) is 0 Å². The molecule has 3 rings (SSSR count). The van der Waals surface area contributed by atoms with Crippen molar-refractivity contribution >= 4 is 24.5 Å². The summed E-state index contributed by atoms with van der Waals surface area (Å²) < 4.78 is 5.44. The molecule has 0 amide bonds. The van der Waals surface area contributed by atoms with Crippen LogP contribution in [0.2, 0.25) is 0 Å². The predicted octanol–water partition coefficient (Wildman–Crippen LogP) is 5.34. The number of allylic oxidation sites excluding steroid dienone is 1. The molecule has 1 N–H and O–H groups in total. The lowest BCUT2D eigenvalue weighted by atomic mass is 9.73. The van der Waals surface area contributed by atoms with E-state index in [2.05, 4.69) is 43.3 Å². The van der Waals surface area contributed by atoms with E-state index in [1.54, 1.807) is 19.2 Å². The third kappa shape index (κ3) is 6.09. The van der Waals surface area contributed by atoms with Crippen LogP contribution in [0.25, 0.3) is 6.08 Å². The molecule has 0 bridgehead atoms. The van der Waals surface area contributed by atoms with Crippen LogP contribution in [0.1, 0.15) is 46.7 Å². The molecule has 0 radical (unpaired) electrons. The zero-order valence-electron chi connectivity index (χ0n) is 17.3. The van der Waals surface area contributed by atoms with Crippen LogP contribution >= 0.6 is 12.4 Å². The minimum atomic E-state index is -0.885. The van der Waals surface area contributed by atoms with E-state index in [4.69, 9.17) is 4.74 Å². The number of rotatable bonds is 6. The second-order valence-electron chi connectivity index (χ2n) is 7.88. The fourth-order valence-corrected chi connectivity index (χ4v) is 4.20. The molecule has 2 aromatic rings. The topological polar surface area (TPSA) is 49.8 Å². The van der Waals surface area contributed by atoms with Gasteiger partial charge in [0.15, 0.2) is 0 Å². The molecule has 1 saturated carbocycles. The van der Waals surface area contributed by atoms with Crippen molar-refractivity contribution in [1.29, 1.82) is 0 Å². The van der Waals surface area contributed by atoms with Crippen LogP contribution in [0.4, 0.5) is 0 Å². The number of hydrogen-bond donors (Lipinski definition) is 1. The number of halogens is 1. The van der Waals surface area contributed by atoms with Crippen LogP contribution in [0.15, 0.2) is 54.1 Å². The van der Waals surface area contributed by atoms with Gasteiger partial charge in [-0.2, -0.15) is 0 Å². The third-order valence-electron chi connectivity index (χ3n) is 5.51. The Kier molecular flexibility index (Phi) is 8.30. The van der Waals surface area contributed by atoms with Crippen molar-refractivity contribution < 1.29 is 14.6 Å². The van der Waals surface area contributed by atoms with Gasteiger partial charge in [-0.15, -0.1) is 12.4 Å².